The minimum Gasteiger partial charge on any atom is -0.497 e. The number of aryl methyl sites for hydroxylation is 2. The maximum atomic E-state index is 6.23. The molecular formula is C21H26N2OS2. The number of amidine groups is 1. The molecular weight excluding hydrogens is 360 g/mol. The van der Waals surface area contributed by atoms with Crippen LogP contribution in [0.5, 0.6) is 5.75 Å². The summed E-state index contributed by atoms with van der Waals surface area (Å²) in [6, 6.07) is 10.9. The predicted molar refractivity (Wildman–Crippen MR) is 113 cm³/mol. The Morgan fingerprint density at radius 2 is 2.12 bits per heavy atom. The van der Waals surface area contributed by atoms with Gasteiger partial charge in [-0.15, -0.1) is 11.3 Å². The second kappa shape index (κ2) is 7.28. The first-order chi connectivity index (χ1) is 12.6. The number of aliphatic imine (C=N–C) groups is 1. The van der Waals surface area contributed by atoms with Gasteiger partial charge in [0.2, 0.25) is 0 Å². The van der Waals surface area contributed by atoms with E-state index >= 15 is 0 Å². The maximum Gasteiger partial charge on any atom is 0.154 e. The lowest BCUT2D eigenvalue weighted by Gasteiger charge is -2.43. The van der Waals surface area contributed by atoms with Crippen molar-refractivity contribution in [3.8, 4) is 5.75 Å². The van der Waals surface area contributed by atoms with Gasteiger partial charge in [-0.1, -0.05) is 30.8 Å². The minimum atomic E-state index is -0.132. The highest BCUT2D eigenvalue weighted by Crippen LogP contribution is 2.51. The van der Waals surface area contributed by atoms with Crippen molar-refractivity contribution < 1.29 is 4.74 Å². The van der Waals surface area contributed by atoms with Crippen LogP contribution in [-0.4, -0.2) is 18.0 Å². The third-order valence-corrected chi connectivity index (χ3v) is 7.89. The van der Waals surface area contributed by atoms with Gasteiger partial charge in [-0.25, -0.2) is 0 Å². The lowest BCUT2D eigenvalue weighted by atomic mass is 9.68. The molecule has 1 aromatic heterocycles. The number of rotatable bonds is 4. The summed E-state index contributed by atoms with van der Waals surface area (Å²) in [6.07, 6.45) is 5.59. The molecule has 1 spiro atoms. The fourth-order valence-electron chi connectivity index (χ4n) is 4.38. The van der Waals surface area contributed by atoms with Crippen LogP contribution in [-0.2, 0) is 24.8 Å². The number of fused-ring (bicyclic) bond motifs is 2. The first-order valence-corrected chi connectivity index (χ1v) is 11.2. The lowest BCUT2D eigenvalue weighted by molar-refractivity contribution is 0.234. The van der Waals surface area contributed by atoms with E-state index in [2.05, 4.69) is 37.3 Å². The Balaban J connectivity index is 1.72. The summed E-state index contributed by atoms with van der Waals surface area (Å²) in [5, 5.41) is 0.757. The average Bonchev–Trinajstić information content (AvgIpc) is 3.10. The van der Waals surface area contributed by atoms with Crippen LogP contribution in [0.2, 0.25) is 0 Å². The fourth-order valence-corrected chi connectivity index (χ4v) is 6.43. The molecule has 0 fully saturated rings. The third kappa shape index (κ3) is 3.16. The predicted octanol–water partition coefficient (Wildman–Crippen LogP) is 4.77. The van der Waals surface area contributed by atoms with E-state index in [1.54, 1.807) is 18.9 Å². The number of nitrogens with two attached hydrogens (primary N) is 1. The quantitative estimate of drug-likeness (QED) is 0.823. The van der Waals surface area contributed by atoms with Crippen LogP contribution in [0.15, 0.2) is 35.3 Å². The number of benzene rings is 1. The topological polar surface area (TPSA) is 47.6 Å². The Morgan fingerprint density at radius 1 is 1.31 bits per heavy atom. The van der Waals surface area contributed by atoms with Gasteiger partial charge in [-0.3, -0.25) is 4.99 Å². The molecule has 1 aromatic carbocycles. The van der Waals surface area contributed by atoms with Gasteiger partial charge in [0.25, 0.3) is 0 Å². The van der Waals surface area contributed by atoms with E-state index in [1.165, 1.54) is 33.7 Å². The molecule has 3 nitrogen and oxygen atoms in total. The summed E-state index contributed by atoms with van der Waals surface area (Å²) in [5.74, 6) is 2.48. The van der Waals surface area contributed by atoms with Gasteiger partial charge >= 0.3 is 0 Å². The van der Waals surface area contributed by atoms with Crippen molar-refractivity contribution in [2.75, 3.05) is 12.9 Å². The molecule has 2 atom stereocenters. The van der Waals surface area contributed by atoms with Gasteiger partial charge in [0.05, 0.1) is 12.6 Å². The van der Waals surface area contributed by atoms with Crippen LogP contribution in [0, 0.1) is 5.92 Å². The summed E-state index contributed by atoms with van der Waals surface area (Å²) in [6.45, 7) is 2.24. The van der Waals surface area contributed by atoms with Crippen molar-refractivity contribution in [2.45, 2.75) is 44.6 Å². The van der Waals surface area contributed by atoms with E-state index < -0.39 is 0 Å². The summed E-state index contributed by atoms with van der Waals surface area (Å²) < 4.78 is 5.30. The lowest BCUT2D eigenvalue weighted by Crippen LogP contribution is -2.42. The van der Waals surface area contributed by atoms with Gasteiger partial charge in [-0.05, 0) is 67.3 Å². The van der Waals surface area contributed by atoms with Crippen LogP contribution in [0.3, 0.4) is 0 Å². The average molecular weight is 387 g/mol. The van der Waals surface area contributed by atoms with E-state index in [0.29, 0.717) is 5.92 Å². The first kappa shape index (κ1) is 17.9. The summed E-state index contributed by atoms with van der Waals surface area (Å²) >= 11 is 3.68. The third-order valence-electron chi connectivity index (χ3n) is 5.75. The highest BCUT2D eigenvalue weighted by molar-refractivity contribution is 8.13. The molecule has 2 unspecified atom stereocenters. The van der Waals surface area contributed by atoms with E-state index in [1.807, 2.05) is 11.3 Å². The van der Waals surface area contributed by atoms with Crippen LogP contribution < -0.4 is 10.5 Å². The molecule has 2 aromatic rings. The maximum absolute atomic E-state index is 6.23. The molecule has 5 heteroatoms. The normalized spacial score (nSPS) is 25.0. The molecule has 2 N–H and O–H groups in total. The number of nitrogens with zero attached hydrogens (tertiary/aromatic N) is 1. The van der Waals surface area contributed by atoms with E-state index in [9.17, 15) is 0 Å². The number of hydrogen-bond acceptors (Lipinski definition) is 5. The molecule has 0 amide bonds. The SMILES string of the molecule is CCc1cc2c(s1)CCC(Cc1ccc(OC)cc1)C21CCSC(N)=N1. The molecule has 2 aliphatic rings. The largest absolute Gasteiger partial charge is 0.497 e. The molecule has 0 radical (unpaired) electrons. The minimum absolute atomic E-state index is 0.132. The molecule has 0 bridgehead atoms. The molecule has 26 heavy (non-hydrogen) atoms. The van der Waals surface area contributed by atoms with Gasteiger partial charge in [-0.2, -0.15) is 0 Å². The van der Waals surface area contributed by atoms with Gasteiger partial charge in [0.1, 0.15) is 5.75 Å². The van der Waals surface area contributed by atoms with Crippen LogP contribution in [0.1, 0.15) is 40.6 Å². The van der Waals surface area contributed by atoms with Gasteiger partial charge in [0.15, 0.2) is 5.17 Å². The van der Waals surface area contributed by atoms with Crippen molar-refractivity contribution >= 4 is 28.3 Å². The van der Waals surface area contributed by atoms with Crippen molar-refractivity contribution in [3.63, 3.8) is 0 Å². The van der Waals surface area contributed by atoms with E-state index in [0.717, 1.165) is 35.9 Å². The Bertz CT molecular complexity index is 812. The van der Waals surface area contributed by atoms with E-state index in [4.69, 9.17) is 15.5 Å². The summed E-state index contributed by atoms with van der Waals surface area (Å²) in [7, 11) is 1.71. The number of ether oxygens (including phenoxy) is 1. The molecule has 1 aliphatic heterocycles. The van der Waals surface area contributed by atoms with Crippen molar-refractivity contribution in [1.29, 1.82) is 0 Å². The zero-order valence-corrected chi connectivity index (χ0v) is 17.1. The Hall–Kier alpha value is -1.46. The number of thioether (sulfide) groups is 1. The van der Waals surface area contributed by atoms with Crippen LogP contribution in [0.4, 0.5) is 0 Å². The summed E-state index contributed by atoms with van der Waals surface area (Å²) in [4.78, 5) is 8.13. The highest BCUT2D eigenvalue weighted by Gasteiger charge is 2.46. The van der Waals surface area contributed by atoms with Crippen molar-refractivity contribution in [1.82, 2.24) is 0 Å². The Kier molecular flexibility index (Phi) is 5.02. The number of methoxy groups -OCH3 is 1. The van der Waals surface area contributed by atoms with Crippen molar-refractivity contribution in [2.24, 2.45) is 16.6 Å². The molecule has 0 saturated heterocycles. The van der Waals surface area contributed by atoms with Gasteiger partial charge in [0, 0.05) is 15.5 Å². The molecule has 1 aliphatic carbocycles. The van der Waals surface area contributed by atoms with Crippen molar-refractivity contribution in [3.05, 3.63) is 51.2 Å². The smallest absolute Gasteiger partial charge is 0.154 e. The first-order valence-electron chi connectivity index (χ1n) is 9.37. The van der Waals surface area contributed by atoms with E-state index in [-0.39, 0.29) is 5.54 Å². The number of thiophene rings is 1. The zero-order chi connectivity index (χ0) is 18.1. The van der Waals surface area contributed by atoms with Gasteiger partial charge < -0.3 is 10.5 Å². The zero-order valence-electron chi connectivity index (χ0n) is 15.5. The molecule has 2 heterocycles. The number of hydrogen-bond donors (Lipinski definition) is 1. The van der Waals surface area contributed by atoms with Crippen LogP contribution >= 0.6 is 23.1 Å². The molecule has 4 rings (SSSR count). The fraction of sp³-hybridized carbons (Fsp3) is 0.476. The van der Waals surface area contributed by atoms with Crippen LogP contribution in [0.25, 0.3) is 0 Å². The second-order valence-corrected chi connectivity index (χ2v) is 9.50. The molecule has 0 saturated carbocycles. The Labute approximate surface area is 164 Å². The Morgan fingerprint density at radius 3 is 2.81 bits per heavy atom. The highest BCUT2D eigenvalue weighted by atomic mass is 32.2. The standard InChI is InChI=1S/C21H26N2OS2/c1-3-17-13-18-19(26-17)9-6-15(21(18)10-11-25-20(22)23-21)12-14-4-7-16(24-2)8-5-14/h4-5,7-8,13,15H,3,6,9-12H2,1-2H3,(H2,22,23). The summed E-state index contributed by atoms with van der Waals surface area (Å²) in [5.41, 5.74) is 8.92. The molecule has 138 valence electrons. The monoisotopic (exact) mass is 386 g/mol. The second-order valence-electron chi connectivity index (χ2n) is 7.16.